The molecule has 0 saturated carbocycles. The summed E-state index contributed by atoms with van der Waals surface area (Å²) in [7, 11) is 0. The van der Waals surface area contributed by atoms with Crippen LogP contribution in [0.25, 0.3) is 0 Å². The van der Waals surface area contributed by atoms with Gasteiger partial charge in [0.2, 0.25) is 11.9 Å². The summed E-state index contributed by atoms with van der Waals surface area (Å²) in [6.45, 7) is 3.01. The second kappa shape index (κ2) is 8.22. The summed E-state index contributed by atoms with van der Waals surface area (Å²) in [5.41, 5.74) is 0.878. The molecule has 1 N–H and O–H groups in total. The summed E-state index contributed by atoms with van der Waals surface area (Å²) in [5, 5.41) is 2.98. The van der Waals surface area contributed by atoms with Gasteiger partial charge in [-0.2, -0.15) is 0 Å². The maximum absolute atomic E-state index is 13.7. The quantitative estimate of drug-likeness (QED) is 0.878. The third kappa shape index (κ3) is 4.64. The van der Waals surface area contributed by atoms with Crippen molar-refractivity contribution in [3.63, 3.8) is 0 Å². The number of morpholine rings is 1. The van der Waals surface area contributed by atoms with E-state index in [0.717, 1.165) is 13.1 Å². The lowest BCUT2D eigenvalue weighted by Gasteiger charge is -2.26. The molecule has 1 saturated heterocycles. The van der Waals surface area contributed by atoms with Gasteiger partial charge < -0.3 is 15.0 Å². The van der Waals surface area contributed by atoms with Gasteiger partial charge in [-0.1, -0.05) is 17.7 Å². The number of ether oxygens (including phenoxy) is 1. The summed E-state index contributed by atoms with van der Waals surface area (Å²) in [5.74, 6) is -0.190. The molecule has 0 bridgehead atoms. The van der Waals surface area contributed by atoms with E-state index < -0.39 is 5.82 Å². The van der Waals surface area contributed by atoms with E-state index in [2.05, 4.69) is 15.3 Å². The van der Waals surface area contributed by atoms with Crippen molar-refractivity contribution >= 4 is 23.5 Å². The minimum absolute atomic E-state index is 0.118. The van der Waals surface area contributed by atoms with Gasteiger partial charge in [-0.3, -0.25) is 4.79 Å². The van der Waals surface area contributed by atoms with Gasteiger partial charge in [0.15, 0.2) is 0 Å². The van der Waals surface area contributed by atoms with Crippen molar-refractivity contribution in [2.24, 2.45) is 0 Å². The minimum Gasteiger partial charge on any atom is -0.378 e. The predicted molar refractivity (Wildman–Crippen MR) is 92.0 cm³/mol. The van der Waals surface area contributed by atoms with Crippen molar-refractivity contribution in [2.75, 3.05) is 31.2 Å². The van der Waals surface area contributed by atoms with Crippen molar-refractivity contribution in [3.05, 3.63) is 52.6 Å². The molecule has 0 radical (unpaired) electrons. The molecule has 0 unspecified atom stereocenters. The van der Waals surface area contributed by atoms with Crippen LogP contribution >= 0.6 is 11.6 Å². The summed E-state index contributed by atoms with van der Waals surface area (Å²) >= 11 is 5.94. The number of halogens is 2. The third-order valence-corrected chi connectivity index (χ3v) is 4.21. The minimum atomic E-state index is -0.487. The maximum atomic E-state index is 13.7. The third-order valence-electron chi connectivity index (χ3n) is 3.86. The first-order valence-corrected chi connectivity index (χ1v) is 8.35. The first-order chi connectivity index (χ1) is 12.1. The number of hydrogen-bond donors (Lipinski definition) is 1. The Kier molecular flexibility index (Phi) is 5.78. The molecule has 25 heavy (non-hydrogen) atoms. The van der Waals surface area contributed by atoms with E-state index in [1.807, 2.05) is 4.90 Å². The molecule has 1 amide bonds. The average Bonchev–Trinajstić information content (AvgIpc) is 2.64. The fourth-order valence-corrected chi connectivity index (χ4v) is 2.74. The van der Waals surface area contributed by atoms with Gasteiger partial charge in [0.05, 0.1) is 31.9 Å². The molecule has 1 fully saturated rings. The zero-order valence-electron chi connectivity index (χ0n) is 13.5. The van der Waals surface area contributed by atoms with Crippen molar-refractivity contribution in [3.8, 4) is 0 Å². The molecular formula is C17H18ClFN4O2. The van der Waals surface area contributed by atoms with Crippen LogP contribution in [0, 0.1) is 5.82 Å². The number of rotatable bonds is 5. The number of hydrogen-bond acceptors (Lipinski definition) is 5. The Hall–Kier alpha value is -2.25. The molecule has 1 aromatic carbocycles. The second-order valence-electron chi connectivity index (χ2n) is 5.60. The molecule has 6 nitrogen and oxygen atoms in total. The number of carbonyl (C=O) groups is 1. The molecule has 2 heterocycles. The number of aromatic nitrogens is 2. The first kappa shape index (κ1) is 17.6. The van der Waals surface area contributed by atoms with E-state index >= 15 is 0 Å². The Morgan fingerprint density at radius 1 is 1.32 bits per heavy atom. The molecule has 0 atom stereocenters. The summed E-state index contributed by atoms with van der Waals surface area (Å²) in [6, 6.07) is 6.09. The van der Waals surface area contributed by atoms with Gasteiger partial charge >= 0.3 is 0 Å². The van der Waals surface area contributed by atoms with Gasteiger partial charge in [-0.25, -0.2) is 14.4 Å². The van der Waals surface area contributed by atoms with Crippen molar-refractivity contribution < 1.29 is 13.9 Å². The Labute approximate surface area is 150 Å². The van der Waals surface area contributed by atoms with Crippen LogP contribution < -0.4 is 10.2 Å². The lowest BCUT2D eigenvalue weighted by molar-refractivity contribution is -0.120. The maximum Gasteiger partial charge on any atom is 0.225 e. The van der Waals surface area contributed by atoms with Crippen molar-refractivity contribution in [1.29, 1.82) is 0 Å². The van der Waals surface area contributed by atoms with Gasteiger partial charge in [-0.15, -0.1) is 0 Å². The molecule has 8 heteroatoms. The van der Waals surface area contributed by atoms with E-state index in [1.54, 1.807) is 18.3 Å². The van der Waals surface area contributed by atoms with Crippen LogP contribution in [0.3, 0.4) is 0 Å². The van der Waals surface area contributed by atoms with E-state index in [1.165, 1.54) is 12.1 Å². The molecule has 3 rings (SSSR count). The highest BCUT2D eigenvalue weighted by Gasteiger charge is 2.15. The van der Waals surface area contributed by atoms with Crippen LogP contribution in [0.15, 0.2) is 30.5 Å². The number of amides is 1. The zero-order chi connectivity index (χ0) is 17.6. The lowest BCUT2D eigenvalue weighted by Crippen LogP contribution is -2.37. The summed E-state index contributed by atoms with van der Waals surface area (Å²) in [6.07, 6.45) is 1.54. The second-order valence-corrected chi connectivity index (χ2v) is 6.01. The Morgan fingerprint density at radius 2 is 2.12 bits per heavy atom. The highest BCUT2D eigenvalue weighted by molar-refractivity contribution is 6.31. The highest BCUT2D eigenvalue weighted by atomic mass is 35.5. The number of nitrogens with zero attached hydrogens (tertiary/aromatic N) is 3. The predicted octanol–water partition coefficient (Wildman–Crippen LogP) is 1.96. The fraction of sp³-hybridized carbons (Fsp3) is 0.353. The van der Waals surface area contributed by atoms with Gasteiger partial charge in [-0.05, 0) is 18.2 Å². The average molecular weight is 365 g/mol. The highest BCUT2D eigenvalue weighted by Crippen LogP contribution is 2.19. The normalized spacial score (nSPS) is 14.4. The van der Waals surface area contributed by atoms with Gasteiger partial charge in [0.1, 0.15) is 5.82 Å². The number of benzene rings is 1. The molecule has 2 aromatic rings. The van der Waals surface area contributed by atoms with Gasteiger partial charge in [0, 0.05) is 29.9 Å². The van der Waals surface area contributed by atoms with E-state index in [4.69, 9.17) is 16.3 Å². The topological polar surface area (TPSA) is 67.4 Å². The van der Waals surface area contributed by atoms with Gasteiger partial charge in [0.25, 0.3) is 0 Å². The Morgan fingerprint density at radius 3 is 2.88 bits per heavy atom. The molecule has 1 aliphatic rings. The Balaban J connectivity index is 1.58. The van der Waals surface area contributed by atoms with E-state index in [0.29, 0.717) is 24.9 Å². The monoisotopic (exact) mass is 364 g/mol. The van der Waals surface area contributed by atoms with Crippen LogP contribution in [-0.4, -0.2) is 42.2 Å². The van der Waals surface area contributed by atoms with Crippen LogP contribution in [0.1, 0.15) is 11.3 Å². The fourth-order valence-electron chi connectivity index (χ4n) is 2.51. The molecule has 132 valence electrons. The van der Waals surface area contributed by atoms with Crippen molar-refractivity contribution in [2.45, 2.75) is 13.0 Å². The number of anilines is 1. The molecule has 1 aromatic heterocycles. The molecule has 1 aliphatic heterocycles. The van der Waals surface area contributed by atoms with E-state index in [-0.39, 0.29) is 29.5 Å². The lowest BCUT2D eigenvalue weighted by atomic mass is 10.1. The SMILES string of the molecule is O=C(Cc1c(F)cccc1Cl)NCc1ccnc(N2CCOCC2)n1. The zero-order valence-corrected chi connectivity index (χ0v) is 14.3. The molecular weight excluding hydrogens is 347 g/mol. The first-order valence-electron chi connectivity index (χ1n) is 7.97. The smallest absolute Gasteiger partial charge is 0.225 e. The van der Waals surface area contributed by atoms with Crippen molar-refractivity contribution in [1.82, 2.24) is 15.3 Å². The summed E-state index contributed by atoms with van der Waals surface area (Å²) in [4.78, 5) is 22.8. The van der Waals surface area contributed by atoms with Crippen LogP contribution in [-0.2, 0) is 22.5 Å². The number of carbonyl (C=O) groups excluding carboxylic acids is 1. The Bertz CT molecular complexity index is 733. The van der Waals surface area contributed by atoms with E-state index in [9.17, 15) is 9.18 Å². The molecule has 0 spiro atoms. The number of nitrogens with one attached hydrogen (secondary N) is 1. The van der Waals surface area contributed by atoms with Crippen LogP contribution in [0.2, 0.25) is 5.02 Å². The standard InChI is InChI=1S/C17H18ClFN4O2/c18-14-2-1-3-15(19)13(14)10-16(24)21-11-12-4-5-20-17(22-12)23-6-8-25-9-7-23/h1-5H,6-11H2,(H,21,24). The molecule has 0 aliphatic carbocycles. The van der Waals surface area contributed by atoms with Crippen LogP contribution in [0.4, 0.5) is 10.3 Å². The summed E-state index contributed by atoms with van der Waals surface area (Å²) < 4.78 is 19.0. The largest absolute Gasteiger partial charge is 0.378 e. The van der Waals surface area contributed by atoms with Crippen LogP contribution in [0.5, 0.6) is 0 Å².